The zero-order chi connectivity index (χ0) is 15.6. The van der Waals surface area contributed by atoms with Crippen molar-refractivity contribution in [3.63, 3.8) is 0 Å². The number of rotatable bonds is 5. The minimum atomic E-state index is -4.55. The van der Waals surface area contributed by atoms with Crippen LogP contribution in [-0.4, -0.2) is 38.6 Å². The SMILES string of the molecule is COc1ccc([C@H](C)N2CC(CS(=O)(=O)F)CC2=O)cc1. The predicted octanol–water partition coefficient (Wildman–Crippen LogP) is 1.90. The Balaban J connectivity index is 2.08. The lowest BCUT2D eigenvalue weighted by atomic mass is 10.1. The summed E-state index contributed by atoms with van der Waals surface area (Å²) < 4.78 is 39.2. The smallest absolute Gasteiger partial charge is 0.302 e. The Morgan fingerprint density at radius 1 is 1.38 bits per heavy atom. The molecular formula is C14H18FNO4S. The van der Waals surface area contributed by atoms with Gasteiger partial charge in [0.25, 0.3) is 0 Å². The molecule has 1 amide bonds. The zero-order valence-electron chi connectivity index (χ0n) is 12.0. The fourth-order valence-electron chi connectivity index (χ4n) is 2.64. The summed E-state index contributed by atoms with van der Waals surface area (Å²) in [5, 5.41) is 0. The molecule has 2 atom stereocenters. The quantitative estimate of drug-likeness (QED) is 0.779. The minimum absolute atomic E-state index is 0.0731. The first-order valence-electron chi connectivity index (χ1n) is 6.66. The number of hydrogen-bond donors (Lipinski definition) is 0. The molecule has 7 heteroatoms. The number of nitrogens with zero attached hydrogens (tertiary/aromatic N) is 1. The first-order valence-corrected chi connectivity index (χ1v) is 8.21. The molecule has 1 aliphatic heterocycles. The van der Waals surface area contributed by atoms with Crippen LogP contribution >= 0.6 is 0 Å². The average molecular weight is 315 g/mol. The van der Waals surface area contributed by atoms with Gasteiger partial charge in [0.05, 0.1) is 18.9 Å². The van der Waals surface area contributed by atoms with Crippen molar-refractivity contribution in [2.45, 2.75) is 19.4 Å². The van der Waals surface area contributed by atoms with Gasteiger partial charge in [0.15, 0.2) is 0 Å². The third kappa shape index (κ3) is 3.93. The maximum absolute atomic E-state index is 12.7. The van der Waals surface area contributed by atoms with Crippen LogP contribution < -0.4 is 4.74 Å². The highest BCUT2D eigenvalue weighted by Gasteiger charge is 2.35. The highest BCUT2D eigenvalue weighted by molar-refractivity contribution is 7.86. The number of carbonyl (C=O) groups is 1. The highest BCUT2D eigenvalue weighted by atomic mass is 32.3. The van der Waals surface area contributed by atoms with Crippen molar-refractivity contribution in [1.29, 1.82) is 0 Å². The third-order valence-electron chi connectivity index (χ3n) is 3.74. The summed E-state index contributed by atoms with van der Waals surface area (Å²) in [5.41, 5.74) is 0.924. The number of hydrogen-bond acceptors (Lipinski definition) is 4. The molecule has 1 saturated heterocycles. The van der Waals surface area contributed by atoms with Crippen molar-refractivity contribution in [1.82, 2.24) is 4.90 Å². The summed E-state index contributed by atoms with van der Waals surface area (Å²) in [5.74, 6) is -0.495. The van der Waals surface area contributed by atoms with Crippen LogP contribution in [0.4, 0.5) is 3.89 Å². The summed E-state index contributed by atoms with van der Waals surface area (Å²) in [6.07, 6.45) is 0.0731. The molecule has 0 bridgehead atoms. The van der Waals surface area contributed by atoms with Crippen LogP contribution in [0.1, 0.15) is 24.9 Å². The number of amides is 1. The maximum atomic E-state index is 12.7. The molecule has 1 fully saturated rings. The lowest BCUT2D eigenvalue weighted by Crippen LogP contribution is -2.29. The van der Waals surface area contributed by atoms with E-state index in [0.717, 1.165) is 11.3 Å². The van der Waals surface area contributed by atoms with E-state index in [1.54, 1.807) is 24.1 Å². The van der Waals surface area contributed by atoms with E-state index in [4.69, 9.17) is 4.74 Å². The summed E-state index contributed by atoms with van der Waals surface area (Å²) in [4.78, 5) is 13.6. The van der Waals surface area contributed by atoms with Crippen molar-refractivity contribution >= 4 is 16.1 Å². The van der Waals surface area contributed by atoms with E-state index in [0.29, 0.717) is 0 Å². The van der Waals surface area contributed by atoms with Gasteiger partial charge in [0.2, 0.25) is 5.91 Å². The van der Waals surface area contributed by atoms with Gasteiger partial charge in [-0.2, -0.15) is 8.42 Å². The molecule has 0 spiro atoms. The van der Waals surface area contributed by atoms with Gasteiger partial charge in [0.1, 0.15) is 5.75 Å². The second-order valence-corrected chi connectivity index (χ2v) is 6.68. The van der Waals surface area contributed by atoms with Crippen LogP contribution in [0.25, 0.3) is 0 Å². The van der Waals surface area contributed by atoms with E-state index >= 15 is 0 Å². The Labute approximate surface area is 123 Å². The van der Waals surface area contributed by atoms with Crippen molar-refractivity contribution in [2.75, 3.05) is 19.4 Å². The summed E-state index contributed by atoms with van der Waals surface area (Å²) >= 11 is 0. The Morgan fingerprint density at radius 3 is 2.52 bits per heavy atom. The molecule has 1 aliphatic rings. The Morgan fingerprint density at radius 2 is 2.00 bits per heavy atom. The van der Waals surface area contributed by atoms with Gasteiger partial charge in [0, 0.05) is 18.9 Å². The molecule has 0 saturated carbocycles. The van der Waals surface area contributed by atoms with E-state index < -0.39 is 21.9 Å². The number of methoxy groups -OCH3 is 1. The fourth-order valence-corrected chi connectivity index (χ4v) is 3.42. The number of benzene rings is 1. The number of ether oxygens (including phenoxy) is 1. The van der Waals surface area contributed by atoms with Crippen LogP contribution in [0.2, 0.25) is 0 Å². The first-order chi connectivity index (χ1) is 9.80. The molecule has 0 N–H and O–H groups in total. The Kier molecular flexibility index (Phi) is 4.51. The topological polar surface area (TPSA) is 63.7 Å². The largest absolute Gasteiger partial charge is 0.497 e. The third-order valence-corrected chi connectivity index (χ3v) is 4.61. The number of carbonyl (C=O) groups excluding carboxylic acids is 1. The average Bonchev–Trinajstić information content (AvgIpc) is 2.76. The van der Waals surface area contributed by atoms with Crippen molar-refractivity contribution in [2.24, 2.45) is 5.92 Å². The summed E-state index contributed by atoms with van der Waals surface area (Å²) in [6.45, 7) is 2.13. The number of halogens is 1. The lowest BCUT2D eigenvalue weighted by molar-refractivity contribution is -0.129. The molecule has 21 heavy (non-hydrogen) atoms. The molecule has 0 radical (unpaired) electrons. The van der Waals surface area contributed by atoms with Gasteiger partial charge in [-0.3, -0.25) is 4.79 Å². The van der Waals surface area contributed by atoms with Gasteiger partial charge in [-0.15, -0.1) is 3.89 Å². The van der Waals surface area contributed by atoms with E-state index in [9.17, 15) is 17.1 Å². The maximum Gasteiger partial charge on any atom is 0.302 e. The van der Waals surface area contributed by atoms with Crippen LogP contribution in [0.3, 0.4) is 0 Å². The van der Waals surface area contributed by atoms with Crippen LogP contribution in [-0.2, 0) is 15.0 Å². The molecular weight excluding hydrogens is 297 g/mol. The molecule has 1 aromatic rings. The first kappa shape index (κ1) is 15.8. The van der Waals surface area contributed by atoms with Crippen molar-refractivity contribution in [3.8, 4) is 5.75 Å². The monoisotopic (exact) mass is 315 g/mol. The van der Waals surface area contributed by atoms with Gasteiger partial charge in [-0.05, 0) is 24.6 Å². The Hall–Kier alpha value is -1.63. The second kappa shape index (κ2) is 6.01. The molecule has 116 valence electrons. The van der Waals surface area contributed by atoms with Crippen LogP contribution in [0.15, 0.2) is 24.3 Å². The molecule has 0 aromatic heterocycles. The summed E-state index contributed by atoms with van der Waals surface area (Å²) in [6, 6.07) is 7.13. The van der Waals surface area contributed by atoms with E-state index in [2.05, 4.69) is 0 Å². The molecule has 1 unspecified atom stereocenters. The molecule has 2 rings (SSSR count). The predicted molar refractivity (Wildman–Crippen MR) is 76.1 cm³/mol. The van der Waals surface area contributed by atoms with Gasteiger partial charge < -0.3 is 9.64 Å². The van der Waals surface area contributed by atoms with Crippen LogP contribution in [0.5, 0.6) is 5.75 Å². The highest BCUT2D eigenvalue weighted by Crippen LogP contribution is 2.30. The standard InChI is InChI=1S/C14H18FNO4S/c1-10(12-3-5-13(20-2)6-4-12)16-8-11(7-14(16)17)9-21(15,18)19/h3-6,10-11H,7-9H2,1-2H3/t10-,11?/m0/s1. The van der Waals surface area contributed by atoms with Crippen molar-refractivity contribution in [3.05, 3.63) is 29.8 Å². The van der Waals surface area contributed by atoms with E-state index in [1.807, 2.05) is 19.1 Å². The Bertz CT molecular complexity index is 614. The minimum Gasteiger partial charge on any atom is -0.497 e. The van der Waals surface area contributed by atoms with E-state index in [-0.39, 0.29) is 24.9 Å². The normalized spacial score (nSPS) is 20.6. The van der Waals surface area contributed by atoms with Crippen molar-refractivity contribution < 1.29 is 21.8 Å². The zero-order valence-corrected chi connectivity index (χ0v) is 12.8. The van der Waals surface area contributed by atoms with E-state index in [1.165, 1.54) is 0 Å². The lowest BCUT2D eigenvalue weighted by Gasteiger charge is -2.25. The molecule has 1 heterocycles. The summed E-state index contributed by atoms with van der Waals surface area (Å²) in [7, 11) is -2.98. The molecule has 5 nitrogen and oxygen atoms in total. The van der Waals surface area contributed by atoms with Gasteiger partial charge in [-0.1, -0.05) is 12.1 Å². The van der Waals surface area contributed by atoms with Crippen LogP contribution in [0, 0.1) is 5.92 Å². The van der Waals surface area contributed by atoms with Gasteiger partial charge in [-0.25, -0.2) is 0 Å². The fraction of sp³-hybridized carbons (Fsp3) is 0.500. The second-order valence-electron chi connectivity index (χ2n) is 5.27. The molecule has 1 aromatic carbocycles. The molecule has 0 aliphatic carbocycles. The number of likely N-dealkylation sites (tertiary alicyclic amines) is 1. The van der Waals surface area contributed by atoms with Gasteiger partial charge >= 0.3 is 10.2 Å².